The fourth-order valence-electron chi connectivity index (χ4n) is 13.5. The molecule has 0 amide bonds. The fraction of sp³-hybridized carbons (Fsp3) is 0.943. The van der Waals surface area contributed by atoms with Crippen molar-refractivity contribution in [3.8, 4) is 0 Å². The monoisotopic (exact) mass is 588 g/mol. The van der Waals surface area contributed by atoms with Crippen molar-refractivity contribution in [3.05, 3.63) is 0 Å². The van der Waals surface area contributed by atoms with Crippen LogP contribution in [0.2, 0.25) is 0 Å². The molecule has 238 valence electrons. The summed E-state index contributed by atoms with van der Waals surface area (Å²) in [6, 6.07) is 0. The highest BCUT2D eigenvalue weighted by atomic mass is 16.6. The van der Waals surface area contributed by atoms with Crippen LogP contribution in [0.5, 0.6) is 0 Å². The molecule has 5 saturated carbocycles. The molecule has 0 aromatic rings. The van der Waals surface area contributed by atoms with Gasteiger partial charge in [-0.25, -0.2) is 0 Å². The van der Waals surface area contributed by atoms with E-state index in [4.69, 9.17) is 14.2 Å². The van der Waals surface area contributed by atoms with E-state index in [9.17, 15) is 19.8 Å². The summed E-state index contributed by atoms with van der Waals surface area (Å²) in [4.78, 5) is 24.0. The average molecular weight is 589 g/mol. The second kappa shape index (κ2) is 9.19. The van der Waals surface area contributed by atoms with E-state index >= 15 is 0 Å². The standard InChI is InChI=1S/C35H56O7/c1-18-17-22(29(31(7,8)39)41-21(4)37)42-27-26(18)32(9)15-16-35-19(2)34(35)14-13-25(40-20(3)36)30(5,6)23(34)11-12-24(35)33(32,10)28(27)38/h18-19,22-29,38-39H,11-17H2,1-10H3. The summed E-state index contributed by atoms with van der Waals surface area (Å²) in [7, 11) is 0. The molecule has 6 fully saturated rings. The van der Waals surface area contributed by atoms with Crippen LogP contribution in [0.1, 0.15) is 114 Å². The molecule has 7 heteroatoms. The van der Waals surface area contributed by atoms with Crippen LogP contribution in [0.3, 0.4) is 0 Å². The Bertz CT molecular complexity index is 1140. The van der Waals surface area contributed by atoms with Gasteiger partial charge in [-0.3, -0.25) is 9.59 Å². The van der Waals surface area contributed by atoms with Crippen molar-refractivity contribution in [2.75, 3.05) is 0 Å². The molecule has 2 spiro atoms. The molecule has 0 aromatic heterocycles. The molecule has 7 nitrogen and oxygen atoms in total. The molecule has 1 aliphatic heterocycles. The summed E-state index contributed by atoms with van der Waals surface area (Å²) in [6.07, 6.45) is 4.83. The summed E-state index contributed by atoms with van der Waals surface area (Å²) in [6.45, 7) is 20.5. The van der Waals surface area contributed by atoms with E-state index in [0.717, 1.165) is 32.1 Å². The first kappa shape index (κ1) is 30.8. The van der Waals surface area contributed by atoms with Crippen molar-refractivity contribution in [1.29, 1.82) is 0 Å². The zero-order valence-electron chi connectivity index (χ0n) is 27.7. The first-order valence-electron chi connectivity index (χ1n) is 16.7. The Hall–Kier alpha value is -1.18. The lowest BCUT2D eigenvalue weighted by molar-refractivity contribution is -0.216. The maximum absolute atomic E-state index is 12.5. The average Bonchev–Trinajstić information content (AvgIpc) is 3.34. The topological polar surface area (TPSA) is 102 Å². The quantitative estimate of drug-likeness (QED) is 0.408. The molecule has 42 heavy (non-hydrogen) atoms. The number of rotatable bonds is 4. The Kier molecular flexibility index (Phi) is 6.74. The summed E-state index contributed by atoms with van der Waals surface area (Å²) in [5.74, 6) is 1.31. The number of carbonyl (C=O) groups is 2. The first-order chi connectivity index (χ1) is 19.3. The second-order valence-corrected chi connectivity index (χ2v) is 17.1. The van der Waals surface area contributed by atoms with Gasteiger partial charge in [-0.15, -0.1) is 0 Å². The van der Waals surface area contributed by atoms with Crippen molar-refractivity contribution in [2.24, 2.45) is 56.7 Å². The van der Waals surface area contributed by atoms with Crippen LogP contribution in [0.4, 0.5) is 0 Å². The van der Waals surface area contributed by atoms with Crippen LogP contribution in [0, 0.1) is 56.7 Å². The number of ether oxygens (including phenoxy) is 3. The number of aliphatic hydroxyl groups is 2. The van der Waals surface area contributed by atoms with E-state index in [0.29, 0.717) is 24.2 Å². The molecular formula is C35H56O7. The maximum Gasteiger partial charge on any atom is 0.303 e. The fourth-order valence-corrected chi connectivity index (χ4v) is 13.5. The molecule has 2 N–H and O–H groups in total. The van der Waals surface area contributed by atoms with Crippen LogP contribution >= 0.6 is 0 Å². The molecule has 1 heterocycles. The SMILES string of the molecule is CC(=O)OC(C1CC(C)C2C(O1)C(O)C1(C)C3CCC4C(C)(C)C(OC(C)=O)CCC45C(C)C35CCC21C)C(C)(C)O. The van der Waals surface area contributed by atoms with E-state index in [1.807, 2.05) is 0 Å². The smallest absolute Gasteiger partial charge is 0.303 e. The van der Waals surface area contributed by atoms with E-state index in [1.54, 1.807) is 13.8 Å². The molecule has 5 aliphatic carbocycles. The number of hydrogen-bond donors (Lipinski definition) is 2. The molecule has 1 saturated heterocycles. The van der Waals surface area contributed by atoms with Gasteiger partial charge in [0.15, 0.2) is 6.10 Å². The lowest BCUT2D eigenvalue weighted by Gasteiger charge is -2.63. The molecule has 14 atom stereocenters. The van der Waals surface area contributed by atoms with Crippen molar-refractivity contribution in [3.63, 3.8) is 0 Å². The lowest BCUT2D eigenvalue weighted by Crippen LogP contribution is -2.60. The summed E-state index contributed by atoms with van der Waals surface area (Å²) >= 11 is 0. The summed E-state index contributed by atoms with van der Waals surface area (Å²) < 4.78 is 18.4. The number of carbonyl (C=O) groups excluding carboxylic acids is 2. The highest BCUT2D eigenvalue weighted by Gasteiger charge is 2.88. The van der Waals surface area contributed by atoms with Gasteiger partial charge in [0.1, 0.15) is 6.10 Å². The molecule has 0 aromatic carbocycles. The van der Waals surface area contributed by atoms with E-state index in [-0.39, 0.29) is 57.1 Å². The summed E-state index contributed by atoms with van der Waals surface area (Å²) in [5.41, 5.74) is -1.32. The van der Waals surface area contributed by atoms with Gasteiger partial charge in [0.2, 0.25) is 0 Å². The van der Waals surface area contributed by atoms with E-state index in [1.165, 1.54) is 20.3 Å². The predicted octanol–water partition coefficient (Wildman–Crippen LogP) is 5.68. The third kappa shape index (κ3) is 3.56. The van der Waals surface area contributed by atoms with Gasteiger partial charge in [-0.2, -0.15) is 0 Å². The minimum absolute atomic E-state index is 0.0384. The third-order valence-corrected chi connectivity index (χ3v) is 15.1. The van der Waals surface area contributed by atoms with Crippen LogP contribution in [-0.4, -0.2) is 58.3 Å². The van der Waals surface area contributed by atoms with E-state index in [2.05, 4.69) is 41.5 Å². The van der Waals surface area contributed by atoms with Crippen LogP contribution in [-0.2, 0) is 23.8 Å². The van der Waals surface area contributed by atoms with Gasteiger partial charge in [-0.05, 0) is 105 Å². The van der Waals surface area contributed by atoms with Crippen LogP contribution < -0.4 is 0 Å². The van der Waals surface area contributed by atoms with Gasteiger partial charge in [0.25, 0.3) is 0 Å². The van der Waals surface area contributed by atoms with Gasteiger partial charge in [-0.1, -0.05) is 41.5 Å². The Labute approximate surface area is 252 Å². The maximum atomic E-state index is 12.5. The van der Waals surface area contributed by atoms with E-state index < -0.39 is 29.9 Å². The Morgan fingerprint density at radius 2 is 1.55 bits per heavy atom. The largest absolute Gasteiger partial charge is 0.462 e. The predicted molar refractivity (Wildman–Crippen MR) is 158 cm³/mol. The molecule has 0 bridgehead atoms. The highest BCUT2D eigenvalue weighted by molar-refractivity contribution is 5.66. The zero-order chi connectivity index (χ0) is 31.0. The van der Waals surface area contributed by atoms with Crippen molar-refractivity contribution in [1.82, 2.24) is 0 Å². The minimum atomic E-state index is -1.26. The molecule has 0 radical (unpaired) electrons. The Morgan fingerprint density at radius 1 is 0.929 bits per heavy atom. The van der Waals surface area contributed by atoms with Crippen molar-refractivity contribution >= 4 is 11.9 Å². The van der Waals surface area contributed by atoms with Gasteiger partial charge in [0.05, 0.1) is 23.9 Å². The Balaban J connectivity index is 1.35. The van der Waals surface area contributed by atoms with Crippen LogP contribution in [0.15, 0.2) is 0 Å². The Morgan fingerprint density at radius 3 is 2.14 bits per heavy atom. The number of esters is 2. The van der Waals surface area contributed by atoms with Crippen LogP contribution in [0.25, 0.3) is 0 Å². The normalized spacial score (nSPS) is 52.9. The highest BCUT2D eigenvalue weighted by Crippen LogP contribution is 2.91. The number of fused-ring (bicyclic) bond motifs is 4. The van der Waals surface area contributed by atoms with Crippen molar-refractivity contribution < 1.29 is 34.0 Å². The molecule has 6 rings (SSSR count). The van der Waals surface area contributed by atoms with Gasteiger partial charge < -0.3 is 24.4 Å². The second-order valence-electron chi connectivity index (χ2n) is 17.1. The minimum Gasteiger partial charge on any atom is -0.462 e. The van der Waals surface area contributed by atoms with Gasteiger partial charge >= 0.3 is 11.9 Å². The first-order valence-corrected chi connectivity index (χ1v) is 16.7. The third-order valence-electron chi connectivity index (χ3n) is 15.1. The lowest BCUT2D eigenvalue weighted by atomic mass is 9.41. The zero-order valence-corrected chi connectivity index (χ0v) is 27.7. The number of hydrogen-bond acceptors (Lipinski definition) is 7. The number of aliphatic hydroxyl groups excluding tert-OH is 1. The van der Waals surface area contributed by atoms with Gasteiger partial charge in [0, 0.05) is 24.7 Å². The molecule has 6 aliphatic rings. The molecule has 14 unspecified atom stereocenters. The van der Waals surface area contributed by atoms with Crippen molar-refractivity contribution in [2.45, 2.75) is 150 Å². The summed E-state index contributed by atoms with van der Waals surface area (Å²) in [5, 5.41) is 23.5. The molecular weight excluding hydrogens is 532 g/mol.